The second-order valence-corrected chi connectivity index (χ2v) is 5.57. The maximum Gasteiger partial charge on any atom is 0.338 e. The summed E-state index contributed by atoms with van der Waals surface area (Å²) in [7, 11) is 0. The molecule has 3 aromatic rings. The molecule has 1 aromatic heterocycles. The average Bonchev–Trinajstić information content (AvgIpc) is 2.62. The number of hydrogen-bond donors (Lipinski definition) is 2. The van der Waals surface area contributed by atoms with E-state index < -0.39 is 5.97 Å². The van der Waals surface area contributed by atoms with Crippen molar-refractivity contribution in [2.75, 3.05) is 6.54 Å². The smallest absolute Gasteiger partial charge is 0.338 e. The molecule has 0 aliphatic heterocycles. The van der Waals surface area contributed by atoms with E-state index in [1.54, 1.807) is 42.5 Å². The molecule has 0 amide bonds. The van der Waals surface area contributed by atoms with Crippen molar-refractivity contribution in [1.82, 2.24) is 9.88 Å². The van der Waals surface area contributed by atoms with Crippen LogP contribution in [0.5, 0.6) is 0 Å². The Morgan fingerprint density at radius 2 is 1.72 bits per heavy atom. The van der Waals surface area contributed by atoms with E-state index in [2.05, 4.69) is 11.9 Å². The number of carboxylic acids is 1. The van der Waals surface area contributed by atoms with Gasteiger partial charge in [-0.25, -0.2) is 4.79 Å². The van der Waals surface area contributed by atoms with Crippen LogP contribution in [0.2, 0.25) is 0 Å². The van der Waals surface area contributed by atoms with Gasteiger partial charge < -0.3 is 10.4 Å². The lowest BCUT2D eigenvalue weighted by Crippen LogP contribution is -2.29. The Bertz CT molecular complexity index is 991. The number of rotatable bonds is 6. The molecule has 0 aliphatic carbocycles. The monoisotopic (exact) mass is 334 g/mol. The van der Waals surface area contributed by atoms with Gasteiger partial charge >= 0.3 is 5.97 Å². The summed E-state index contributed by atoms with van der Waals surface area (Å²) < 4.78 is 1.47. The topological polar surface area (TPSA) is 71.3 Å². The van der Waals surface area contributed by atoms with Crippen molar-refractivity contribution >= 4 is 16.7 Å². The first-order chi connectivity index (χ1) is 12.1. The SMILES string of the molecule is C=CCNCc1c(C(=O)O)c2ccccc2c(=O)n1-c1ccccc1. The van der Waals surface area contributed by atoms with Gasteiger partial charge in [-0.1, -0.05) is 42.5 Å². The van der Waals surface area contributed by atoms with Gasteiger partial charge in [-0.15, -0.1) is 6.58 Å². The minimum Gasteiger partial charge on any atom is -0.478 e. The van der Waals surface area contributed by atoms with Crippen LogP contribution in [-0.2, 0) is 6.54 Å². The predicted molar refractivity (Wildman–Crippen MR) is 98.4 cm³/mol. The Morgan fingerprint density at radius 1 is 1.08 bits per heavy atom. The summed E-state index contributed by atoms with van der Waals surface area (Å²) in [6.07, 6.45) is 1.69. The number of para-hydroxylation sites is 1. The number of carbonyl (C=O) groups is 1. The van der Waals surface area contributed by atoms with E-state index in [4.69, 9.17) is 0 Å². The maximum atomic E-state index is 13.1. The number of pyridine rings is 1. The van der Waals surface area contributed by atoms with Gasteiger partial charge in [0.15, 0.2) is 0 Å². The predicted octanol–water partition coefficient (Wildman–Crippen LogP) is 2.96. The van der Waals surface area contributed by atoms with E-state index in [9.17, 15) is 14.7 Å². The molecular formula is C20H18N2O3. The highest BCUT2D eigenvalue weighted by Crippen LogP contribution is 2.22. The van der Waals surface area contributed by atoms with Crippen LogP contribution in [0.1, 0.15) is 16.1 Å². The quantitative estimate of drug-likeness (QED) is 0.537. The van der Waals surface area contributed by atoms with Crippen LogP contribution < -0.4 is 10.9 Å². The van der Waals surface area contributed by atoms with Gasteiger partial charge in [0, 0.05) is 29.5 Å². The Labute approximate surface area is 144 Å². The third-order valence-electron chi connectivity index (χ3n) is 4.00. The molecular weight excluding hydrogens is 316 g/mol. The molecule has 5 nitrogen and oxygen atoms in total. The second-order valence-electron chi connectivity index (χ2n) is 5.57. The fourth-order valence-corrected chi connectivity index (χ4v) is 2.95. The molecule has 0 bridgehead atoms. The van der Waals surface area contributed by atoms with E-state index in [1.165, 1.54) is 4.57 Å². The third kappa shape index (κ3) is 3.09. The molecule has 5 heteroatoms. The molecule has 126 valence electrons. The van der Waals surface area contributed by atoms with Crippen LogP contribution in [0.25, 0.3) is 16.5 Å². The minimum atomic E-state index is -1.06. The molecule has 0 radical (unpaired) electrons. The number of fused-ring (bicyclic) bond motifs is 1. The zero-order valence-corrected chi connectivity index (χ0v) is 13.6. The van der Waals surface area contributed by atoms with Gasteiger partial charge in [0.05, 0.1) is 11.3 Å². The van der Waals surface area contributed by atoms with Crippen molar-refractivity contribution in [2.45, 2.75) is 6.54 Å². The van der Waals surface area contributed by atoms with Gasteiger partial charge in [0.2, 0.25) is 0 Å². The van der Waals surface area contributed by atoms with Gasteiger partial charge in [0.25, 0.3) is 5.56 Å². The Morgan fingerprint density at radius 3 is 2.36 bits per heavy atom. The van der Waals surface area contributed by atoms with Gasteiger partial charge in [-0.2, -0.15) is 0 Å². The number of nitrogens with zero attached hydrogens (tertiary/aromatic N) is 1. The third-order valence-corrected chi connectivity index (χ3v) is 4.00. The highest BCUT2D eigenvalue weighted by Gasteiger charge is 2.21. The van der Waals surface area contributed by atoms with Crippen LogP contribution in [0.3, 0.4) is 0 Å². The lowest BCUT2D eigenvalue weighted by molar-refractivity contribution is 0.0697. The van der Waals surface area contributed by atoms with E-state index in [0.29, 0.717) is 28.7 Å². The number of aromatic nitrogens is 1. The molecule has 0 saturated heterocycles. The van der Waals surface area contributed by atoms with Crippen molar-refractivity contribution in [2.24, 2.45) is 0 Å². The van der Waals surface area contributed by atoms with Crippen LogP contribution in [0.15, 0.2) is 72.0 Å². The van der Waals surface area contributed by atoms with E-state index in [-0.39, 0.29) is 17.7 Å². The lowest BCUT2D eigenvalue weighted by Gasteiger charge is -2.18. The van der Waals surface area contributed by atoms with E-state index in [1.807, 2.05) is 18.2 Å². The average molecular weight is 334 g/mol. The second kappa shape index (κ2) is 7.15. The molecule has 0 aliphatic rings. The first-order valence-corrected chi connectivity index (χ1v) is 7.92. The number of hydrogen-bond acceptors (Lipinski definition) is 3. The first kappa shape index (κ1) is 16.7. The van der Waals surface area contributed by atoms with E-state index >= 15 is 0 Å². The Balaban J connectivity index is 2.40. The van der Waals surface area contributed by atoms with Gasteiger partial charge in [-0.3, -0.25) is 9.36 Å². The van der Waals surface area contributed by atoms with Crippen molar-refractivity contribution in [3.8, 4) is 5.69 Å². The van der Waals surface area contributed by atoms with Crippen molar-refractivity contribution < 1.29 is 9.90 Å². The fraction of sp³-hybridized carbons (Fsp3) is 0.100. The number of benzene rings is 2. The number of carboxylic acid groups (broad SMARTS) is 1. The number of nitrogens with one attached hydrogen (secondary N) is 1. The van der Waals surface area contributed by atoms with Crippen molar-refractivity contribution in [3.63, 3.8) is 0 Å². The van der Waals surface area contributed by atoms with Gasteiger partial charge in [0.1, 0.15) is 0 Å². The van der Waals surface area contributed by atoms with Crippen molar-refractivity contribution in [1.29, 1.82) is 0 Å². The minimum absolute atomic E-state index is 0.135. The molecule has 0 atom stereocenters. The van der Waals surface area contributed by atoms with Crippen LogP contribution >= 0.6 is 0 Å². The molecule has 0 spiro atoms. The molecule has 0 saturated carbocycles. The molecule has 0 fully saturated rings. The zero-order chi connectivity index (χ0) is 17.8. The zero-order valence-electron chi connectivity index (χ0n) is 13.6. The molecule has 2 N–H and O–H groups in total. The molecule has 0 unspecified atom stereocenters. The van der Waals surface area contributed by atoms with Crippen LogP contribution in [0.4, 0.5) is 0 Å². The van der Waals surface area contributed by atoms with Gasteiger partial charge in [-0.05, 0) is 18.2 Å². The summed E-state index contributed by atoms with van der Waals surface area (Å²) in [5.74, 6) is -1.06. The summed E-state index contributed by atoms with van der Waals surface area (Å²) in [5.41, 5.74) is 0.957. The number of aromatic carboxylic acids is 1. The molecule has 3 rings (SSSR count). The summed E-state index contributed by atoms with van der Waals surface area (Å²) >= 11 is 0. The highest BCUT2D eigenvalue weighted by atomic mass is 16.4. The highest BCUT2D eigenvalue weighted by molar-refractivity contribution is 6.04. The maximum absolute atomic E-state index is 13.1. The summed E-state index contributed by atoms with van der Waals surface area (Å²) in [5, 5.41) is 13.8. The molecule has 25 heavy (non-hydrogen) atoms. The Kier molecular flexibility index (Phi) is 4.77. The molecule has 2 aromatic carbocycles. The lowest BCUT2D eigenvalue weighted by atomic mass is 10.0. The fourth-order valence-electron chi connectivity index (χ4n) is 2.95. The normalized spacial score (nSPS) is 10.7. The summed E-state index contributed by atoms with van der Waals surface area (Å²) in [6, 6.07) is 15.9. The standard InChI is InChI=1S/C20H18N2O3/c1-2-12-21-13-17-18(20(24)25)15-10-6-7-11-16(15)19(23)22(17)14-8-4-3-5-9-14/h2-11,21H,1,12-13H2,(H,24,25). The van der Waals surface area contributed by atoms with Crippen LogP contribution in [-0.4, -0.2) is 22.2 Å². The molecule has 1 heterocycles. The van der Waals surface area contributed by atoms with E-state index in [0.717, 1.165) is 0 Å². The van der Waals surface area contributed by atoms with Crippen molar-refractivity contribution in [3.05, 3.63) is 88.9 Å². The van der Waals surface area contributed by atoms with Crippen LogP contribution in [0, 0.1) is 0 Å². The first-order valence-electron chi connectivity index (χ1n) is 7.92. The summed E-state index contributed by atoms with van der Waals surface area (Å²) in [4.78, 5) is 25.1. The largest absolute Gasteiger partial charge is 0.478 e. The summed E-state index contributed by atoms with van der Waals surface area (Å²) in [6.45, 7) is 4.40. The Hall–Kier alpha value is -3.18.